The number of methoxy groups -OCH3 is 1. The van der Waals surface area contributed by atoms with Crippen molar-refractivity contribution in [3.05, 3.63) is 23.8 Å². The number of rotatable bonds is 7. The van der Waals surface area contributed by atoms with Gasteiger partial charge in [0, 0.05) is 6.04 Å². The van der Waals surface area contributed by atoms with Crippen molar-refractivity contribution in [2.45, 2.75) is 58.3 Å². The lowest BCUT2D eigenvalue weighted by atomic mass is 9.86. The predicted molar refractivity (Wildman–Crippen MR) is 94.1 cm³/mol. The fourth-order valence-corrected chi connectivity index (χ4v) is 3.10. The van der Waals surface area contributed by atoms with Crippen molar-refractivity contribution in [2.24, 2.45) is 5.92 Å². The number of amides is 1. The van der Waals surface area contributed by atoms with Crippen LogP contribution in [0, 0.1) is 5.92 Å². The van der Waals surface area contributed by atoms with Gasteiger partial charge in [-0.3, -0.25) is 4.79 Å². The van der Waals surface area contributed by atoms with Gasteiger partial charge in [0.1, 0.15) is 0 Å². The molecule has 27 heavy (non-hydrogen) atoms. The van der Waals surface area contributed by atoms with Gasteiger partial charge < -0.3 is 19.5 Å². The normalized spacial score (nSPS) is 20.7. The number of hydrogen-bond acceptors (Lipinski definition) is 5. The molecule has 0 spiro atoms. The van der Waals surface area contributed by atoms with Crippen LogP contribution in [-0.2, 0) is 9.53 Å². The molecule has 3 atom stereocenters. The van der Waals surface area contributed by atoms with Gasteiger partial charge in [-0.05, 0) is 43.9 Å². The van der Waals surface area contributed by atoms with Gasteiger partial charge in [0.2, 0.25) is 0 Å². The van der Waals surface area contributed by atoms with Crippen molar-refractivity contribution in [3.63, 3.8) is 0 Å². The zero-order valence-corrected chi connectivity index (χ0v) is 15.7. The highest BCUT2D eigenvalue weighted by Crippen LogP contribution is 2.30. The highest BCUT2D eigenvalue weighted by Gasteiger charge is 2.27. The molecular formula is C19H25F2NO5. The van der Waals surface area contributed by atoms with E-state index in [1.54, 1.807) is 0 Å². The Kier molecular flexibility index (Phi) is 7.38. The number of carbonyl (C=O) groups excluding carboxylic acids is 2. The van der Waals surface area contributed by atoms with Crippen LogP contribution in [0.4, 0.5) is 8.78 Å². The highest BCUT2D eigenvalue weighted by atomic mass is 19.3. The van der Waals surface area contributed by atoms with Crippen LogP contribution < -0.4 is 14.8 Å². The lowest BCUT2D eigenvalue weighted by molar-refractivity contribution is -0.130. The lowest BCUT2D eigenvalue weighted by Crippen LogP contribution is -2.45. The summed E-state index contributed by atoms with van der Waals surface area (Å²) >= 11 is 0. The van der Waals surface area contributed by atoms with Crippen LogP contribution in [-0.4, -0.2) is 37.7 Å². The zero-order valence-electron chi connectivity index (χ0n) is 15.7. The Balaban J connectivity index is 1.97. The summed E-state index contributed by atoms with van der Waals surface area (Å²) < 4.78 is 39.2. The second-order valence-electron chi connectivity index (χ2n) is 6.67. The number of halogens is 2. The van der Waals surface area contributed by atoms with Crippen molar-refractivity contribution < 1.29 is 32.6 Å². The lowest BCUT2D eigenvalue weighted by Gasteiger charge is -2.30. The third kappa shape index (κ3) is 5.80. The molecule has 1 aromatic carbocycles. The molecule has 1 aliphatic rings. The largest absolute Gasteiger partial charge is 0.493 e. The number of ether oxygens (including phenoxy) is 3. The van der Waals surface area contributed by atoms with E-state index in [2.05, 4.69) is 17.0 Å². The molecule has 1 aliphatic carbocycles. The van der Waals surface area contributed by atoms with Crippen molar-refractivity contribution >= 4 is 11.9 Å². The highest BCUT2D eigenvalue weighted by molar-refractivity contribution is 5.92. The van der Waals surface area contributed by atoms with E-state index < -0.39 is 18.7 Å². The van der Waals surface area contributed by atoms with Crippen LogP contribution in [0.2, 0.25) is 0 Å². The molecule has 0 heterocycles. The molecule has 1 fully saturated rings. The third-order valence-electron chi connectivity index (χ3n) is 4.71. The molecule has 0 radical (unpaired) electrons. The number of alkyl halides is 2. The molecule has 1 aromatic rings. The van der Waals surface area contributed by atoms with Gasteiger partial charge in [-0.25, -0.2) is 4.79 Å². The van der Waals surface area contributed by atoms with Crippen molar-refractivity contribution in [1.29, 1.82) is 0 Å². The fourth-order valence-electron chi connectivity index (χ4n) is 3.10. The van der Waals surface area contributed by atoms with Gasteiger partial charge in [0.15, 0.2) is 17.6 Å². The summed E-state index contributed by atoms with van der Waals surface area (Å²) in [5, 5.41) is 2.93. The van der Waals surface area contributed by atoms with E-state index in [1.165, 1.54) is 32.2 Å². The molecule has 150 valence electrons. The SMILES string of the molecule is COc1cc(C(=O)O[C@H](C)C(=O)N[C@@H]2CCCC[C@H]2C)ccc1OC(F)F. The predicted octanol–water partition coefficient (Wildman–Crippen LogP) is 3.54. The van der Waals surface area contributed by atoms with E-state index in [0.29, 0.717) is 5.92 Å². The van der Waals surface area contributed by atoms with E-state index in [-0.39, 0.29) is 29.0 Å². The molecule has 1 amide bonds. The average Bonchev–Trinajstić information content (AvgIpc) is 2.63. The minimum atomic E-state index is -3.01. The summed E-state index contributed by atoms with van der Waals surface area (Å²) in [5.41, 5.74) is 0.0687. The Bertz CT molecular complexity index is 668. The fraction of sp³-hybridized carbons (Fsp3) is 0.579. The third-order valence-corrected chi connectivity index (χ3v) is 4.71. The van der Waals surface area contributed by atoms with E-state index in [0.717, 1.165) is 25.7 Å². The van der Waals surface area contributed by atoms with Gasteiger partial charge in [-0.2, -0.15) is 8.78 Å². The number of carbonyl (C=O) groups is 2. The molecule has 1 saturated carbocycles. The van der Waals surface area contributed by atoms with Crippen LogP contribution in [0.1, 0.15) is 49.9 Å². The molecule has 6 nitrogen and oxygen atoms in total. The van der Waals surface area contributed by atoms with Gasteiger partial charge >= 0.3 is 12.6 Å². The maximum atomic E-state index is 12.4. The van der Waals surface area contributed by atoms with Gasteiger partial charge in [0.05, 0.1) is 12.7 Å². The molecule has 0 aliphatic heterocycles. The molecule has 1 N–H and O–H groups in total. The van der Waals surface area contributed by atoms with E-state index >= 15 is 0 Å². The molecule has 2 rings (SSSR count). The zero-order chi connectivity index (χ0) is 20.0. The maximum absolute atomic E-state index is 12.4. The second-order valence-corrected chi connectivity index (χ2v) is 6.67. The molecule has 0 bridgehead atoms. The Hall–Kier alpha value is -2.38. The van der Waals surface area contributed by atoms with E-state index in [1.807, 2.05) is 0 Å². The summed E-state index contributed by atoms with van der Waals surface area (Å²) in [6.45, 7) is 0.574. The summed E-state index contributed by atoms with van der Waals surface area (Å²) in [4.78, 5) is 24.6. The smallest absolute Gasteiger partial charge is 0.387 e. The first-order valence-corrected chi connectivity index (χ1v) is 8.96. The molecule has 0 saturated heterocycles. The number of esters is 1. The number of benzene rings is 1. The molecule has 0 unspecified atom stereocenters. The maximum Gasteiger partial charge on any atom is 0.387 e. The summed E-state index contributed by atoms with van der Waals surface area (Å²) in [5.74, 6) is -0.945. The minimum Gasteiger partial charge on any atom is -0.493 e. The molecule has 8 heteroatoms. The first-order valence-electron chi connectivity index (χ1n) is 8.96. The number of hydrogen-bond donors (Lipinski definition) is 1. The van der Waals surface area contributed by atoms with Crippen LogP contribution in [0.3, 0.4) is 0 Å². The minimum absolute atomic E-state index is 0.0297. The summed E-state index contributed by atoms with van der Waals surface area (Å²) in [6.07, 6.45) is 3.22. The Morgan fingerprint density at radius 3 is 2.52 bits per heavy atom. The summed E-state index contributed by atoms with van der Waals surface area (Å²) in [7, 11) is 1.27. The first kappa shape index (κ1) is 20.9. The first-order chi connectivity index (χ1) is 12.8. The van der Waals surface area contributed by atoms with Gasteiger partial charge in [-0.1, -0.05) is 19.8 Å². The topological polar surface area (TPSA) is 73.9 Å². The monoisotopic (exact) mass is 385 g/mol. The molecular weight excluding hydrogens is 360 g/mol. The van der Waals surface area contributed by atoms with Crippen LogP contribution in [0.15, 0.2) is 18.2 Å². The van der Waals surface area contributed by atoms with Crippen molar-refractivity contribution in [3.8, 4) is 11.5 Å². The number of nitrogens with one attached hydrogen (secondary N) is 1. The Morgan fingerprint density at radius 1 is 1.19 bits per heavy atom. The Labute approximate surface area is 157 Å². The van der Waals surface area contributed by atoms with Gasteiger partial charge in [0.25, 0.3) is 5.91 Å². The van der Waals surface area contributed by atoms with Crippen molar-refractivity contribution in [2.75, 3.05) is 7.11 Å². The van der Waals surface area contributed by atoms with E-state index in [4.69, 9.17) is 9.47 Å². The van der Waals surface area contributed by atoms with Crippen molar-refractivity contribution in [1.82, 2.24) is 5.32 Å². The van der Waals surface area contributed by atoms with Crippen LogP contribution >= 0.6 is 0 Å². The summed E-state index contributed by atoms with van der Waals surface area (Å²) in [6, 6.07) is 3.78. The average molecular weight is 385 g/mol. The Morgan fingerprint density at radius 2 is 1.89 bits per heavy atom. The second kappa shape index (κ2) is 9.53. The molecule has 0 aromatic heterocycles. The van der Waals surface area contributed by atoms with Crippen LogP contribution in [0.25, 0.3) is 0 Å². The quantitative estimate of drug-likeness (QED) is 0.727. The standard InChI is InChI=1S/C19H25F2NO5/c1-11-6-4-5-7-14(11)22-17(23)12(2)26-18(24)13-8-9-15(27-19(20)21)16(10-13)25-3/h8-12,14,19H,4-7H2,1-3H3,(H,22,23)/t11-,12-,14-/m1/s1. The van der Waals surface area contributed by atoms with Crippen LogP contribution in [0.5, 0.6) is 11.5 Å². The van der Waals surface area contributed by atoms with Gasteiger partial charge in [-0.15, -0.1) is 0 Å². The van der Waals surface area contributed by atoms with E-state index in [9.17, 15) is 18.4 Å².